The van der Waals surface area contributed by atoms with Gasteiger partial charge < -0.3 is 5.11 Å². The van der Waals surface area contributed by atoms with Crippen molar-refractivity contribution in [2.75, 3.05) is 0 Å². The molecular weight excluding hydrogens is 240 g/mol. The Hall–Kier alpha value is -0.340. The summed E-state index contributed by atoms with van der Waals surface area (Å²) in [6, 6.07) is 2.16. The van der Waals surface area contributed by atoms with Crippen molar-refractivity contribution in [3.8, 4) is 0 Å². The maximum atomic E-state index is 9.97. The van der Waals surface area contributed by atoms with Crippen LogP contribution in [0.15, 0.2) is 10.5 Å². The molecule has 1 aromatic rings. The molecule has 1 aliphatic carbocycles. The van der Waals surface area contributed by atoms with E-state index in [2.05, 4.69) is 35.8 Å². The zero-order valence-electron chi connectivity index (χ0n) is 8.60. The number of benzene rings is 1. The second kappa shape index (κ2) is 3.67. The summed E-state index contributed by atoms with van der Waals surface area (Å²) in [4.78, 5) is 0. The van der Waals surface area contributed by atoms with Crippen molar-refractivity contribution in [1.82, 2.24) is 0 Å². The van der Waals surface area contributed by atoms with Crippen LogP contribution in [0.3, 0.4) is 0 Å². The third kappa shape index (κ3) is 1.51. The van der Waals surface area contributed by atoms with Gasteiger partial charge in [-0.15, -0.1) is 0 Å². The van der Waals surface area contributed by atoms with Crippen LogP contribution in [-0.2, 0) is 6.42 Å². The molecule has 0 aliphatic heterocycles. The van der Waals surface area contributed by atoms with Crippen LogP contribution in [0.25, 0.3) is 0 Å². The van der Waals surface area contributed by atoms with Gasteiger partial charge >= 0.3 is 0 Å². The number of fused-ring (bicyclic) bond motifs is 1. The van der Waals surface area contributed by atoms with Gasteiger partial charge in [0.1, 0.15) is 0 Å². The first-order valence-corrected chi connectivity index (χ1v) is 5.87. The Balaban J connectivity index is 2.67. The smallest absolute Gasteiger partial charge is 0.0795 e. The second-order valence-corrected chi connectivity index (χ2v) is 4.95. The van der Waals surface area contributed by atoms with Crippen molar-refractivity contribution in [2.45, 2.75) is 39.2 Å². The molecule has 0 amide bonds. The molecule has 0 saturated carbocycles. The Morgan fingerprint density at radius 3 is 2.86 bits per heavy atom. The van der Waals surface area contributed by atoms with E-state index in [-0.39, 0.29) is 6.10 Å². The molecule has 2 heteroatoms. The third-order valence-corrected chi connectivity index (χ3v) is 3.90. The Kier molecular flexibility index (Phi) is 2.67. The largest absolute Gasteiger partial charge is 0.388 e. The zero-order valence-corrected chi connectivity index (χ0v) is 10.2. The number of aryl methyl sites for hydroxylation is 1. The average molecular weight is 255 g/mol. The quantitative estimate of drug-likeness (QED) is 0.752. The van der Waals surface area contributed by atoms with E-state index in [0.29, 0.717) is 0 Å². The van der Waals surface area contributed by atoms with E-state index in [9.17, 15) is 5.11 Å². The van der Waals surface area contributed by atoms with Crippen molar-refractivity contribution in [3.63, 3.8) is 0 Å². The van der Waals surface area contributed by atoms with E-state index in [1.165, 1.54) is 22.3 Å². The first-order valence-electron chi connectivity index (χ1n) is 5.08. The van der Waals surface area contributed by atoms with Gasteiger partial charge in [0.15, 0.2) is 0 Å². The summed E-state index contributed by atoms with van der Waals surface area (Å²) in [5.41, 5.74) is 5.00. The molecule has 0 radical (unpaired) electrons. The number of aliphatic hydroxyl groups is 1. The highest BCUT2D eigenvalue weighted by molar-refractivity contribution is 9.10. The molecule has 0 bridgehead atoms. The molecule has 1 unspecified atom stereocenters. The number of hydrogen-bond donors (Lipinski definition) is 1. The molecule has 1 atom stereocenters. The molecule has 0 spiro atoms. The number of aliphatic hydroxyl groups excluding tert-OH is 1. The van der Waals surface area contributed by atoms with Crippen LogP contribution < -0.4 is 0 Å². The number of hydrogen-bond acceptors (Lipinski definition) is 1. The molecule has 1 nitrogen and oxygen atoms in total. The van der Waals surface area contributed by atoms with Crippen LogP contribution in [-0.4, -0.2) is 5.11 Å². The lowest BCUT2D eigenvalue weighted by Gasteiger charge is -2.25. The molecule has 2 rings (SSSR count). The van der Waals surface area contributed by atoms with Gasteiger partial charge in [-0.05, 0) is 61.4 Å². The lowest BCUT2D eigenvalue weighted by molar-refractivity contribution is 0.155. The monoisotopic (exact) mass is 254 g/mol. The predicted octanol–water partition coefficient (Wildman–Crippen LogP) is 3.44. The zero-order chi connectivity index (χ0) is 10.3. The minimum atomic E-state index is -0.255. The Morgan fingerprint density at radius 2 is 2.14 bits per heavy atom. The summed E-state index contributed by atoms with van der Waals surface area (Å²) in [5.74, 6) is 0. The molecule has 14 heavy (non-hydrogen) atoms. The van der Waals surface area contributed by atoms with Gasteiger partial charge in [0, 0.05) is 4.47 Å². The van der Waals surface area contributed by atoms with Crippen LogP contribution >= 0.6 is 15.9 Å². The molecule has 76 valence electrons. The van der Waals surface area contributed by atoms with Gasteiger partial charge in [-0.1, -0.05) is 15.9 Å². The highest BCUT2D eigenvalue weighted by atomic mass is 79.9. The van der Waals surface area contributed by atoms with Crippen molar-refractivity contribution in [3.05, 3.63) is 32.8 Å². The maximum absolute atomic E-state index is 9.97. The van der Waals surface area contributed by atoms with Crippen LogP contribution in [0.2, 0.25) is 0 Å². The van der Waals surface area contributed by atoms with Gasteiger partial charge in [-0.25, -0.2) is 0 Å². The molecule has 0 fully saturated rings. The Morgan fingerprint density at radius 1 is 1.43 bits per heavy atom. The average Bonchev–Trinajstić information content (AvgIpc) is 2.14. The molecule has 0 heterocycles. The summed E-state index contributed by atoms with van der Waals surface area (Å²) < 4.78 is 1.16. The Bertz CT molecular complexity index is 371. The second-order valence-electron chi connectivity index (χ2n) is 4.10. The normalized spacial score (nSPS) is 20.7. The van der Waals surface area contributed by atoms with E-state index in [4.69, 9.17) is 0 Å². The van der Waals surface area contributed by atoms with Crippen molar-refractivity contribution < 1.29 is 5.11 Å². The van der Waals surface area contributed by atoms with Crippen molar-refractivity contribution in [1.29, 1.82) is 0 Å². The van der Waals surface area contributed by atoms with E-state index in [0.717, 1.165) is 23.7 Å². The molecule has 0 aromatic heterocycles. The molecule has 0 saturated heterocycles. The number of rotatable bonds is 0. The van der Waals surface area contributed by atoms with Crippen LogP contribution in [0.4, 0.5) is 0 Å². The van der Waals surface area contributed by atoms with E-state index >= 15 is 0 Å². The summed E-state index contributed by atoms with van der Waals surface area (Å²) in [5, 5.41) is 9.97. The fraction of sp³-hybridized carbons (Fsp3) is 0.500. The number of halogens is 1. The van der Waals surface area contributed by atoms with Gasteiger partial charge in [-0.2, -0.15) is 0 Å². The standard InChI is InChI=1S/C12H15BrO/c1-7-6-10(13)9-4-3-5-11(14)12(9)8(7)2/h6,11,14H,3-5H2,1-2H3. The summed E-state index contributed by atoms with van der Waals surface area (Å²) in [6.07, 6.45) is 2.84. The first kappa shape index (κ1) is 10.2. The van der Waals surface area contributed by atoms with Gasteiger partial charge in [-0.3, -0.25) is 0 Å². The lowest BCUT2D eigenvalue weighted by Crippen LogP contribution is -2.12. The highest BCUT2D eigenvalue weighted by Gasteiger charge is 2.22. The molecule has 1 aliphatic rings. The highest BCUT2D eigenvalue weighted by Crippen LogP contribution is 2.37. The topological polar surface area (TPSA) is 20.2 Å². The van der Waals surface area contributed by atoms with Crippen LogP contribution in [0.1, 0.15) is 41.2 Å². The minimum absolute atomic E-state index is 0.255. The van der Waals surface area contributed by atoms with E-state index in [1.807, 2.05) is 0 Å². The van der Waals surface area contributed by atoms with Gasteiger partial charge in [0.2, 0.25) is 0 Å². The van der Waals surface area contributed by atoms with Crippen molar-refractivity contribution in [2.24, 2.45) is 0 Å². The minimum Gasteiger partial charge on any atom is -0.388 e. The molecule has 1 N–H and O–H groups in total. The van der Waals surface area contributed by atoms with Crippen molar-refractivity contribution >= 4 is 15.9 Å². The summed E-state index contributed by atoms with van der Waals surface area (Å²) >= 11 is 3.58. The van der Waals surface area contributed by atoms with Gasteiger partial charge in [0.05, 0.1) is 6.10 Å². The van der Waals surface area contributed by atoms with Gasteiger partial charge in [0.25, 0.3) is 0 Å². The fourth-order valence-corrected chi connectivity index (χ4v) is 3.03. The summed E-state index contributed by atoms with van der Waals surface area (Å²) in [7, 11) is 0. The summed E-state index contributed by atoms with van der Waals surface area (Å²) in [6.45, 7) is 4.21. The Labute approximate surface area is 93.3 Å². The van der Waals surface area contributed by atoms with Crippen LogP contribution in [0, 0.1) is 13.8 Å². The third-order valence-electron chi connectivity index (χ3n) is 3.19. The fourth-order valence-electron chi connectivity index (χ4n) is 2.27. The lowest BCUT2D eigenvalue weighted by atomic mass is 9.85. The maximum Gasteiger partial charge on any atom is 0.0795 e. The SMILES string of the molecule is Cc1cc(Br)c2c(c1C)C(O)CCC2. The first-order chi connectivity index (χ1) is 6.61. The van der Waals surface area contributed by atoms with Crippen LogP contribution in [0.5, 0.6) is 0 Å². The molecular formula is C12H15BrO. The van der Waals surface area contributed by atoms with E-state index < -0.39 is 0 Å². The molecule has 1 aromatic carbocycles. The predicted molar refractivity (Wildman–Crippen MR) is 61.5 cm³/mol. The van der Waals surface area contributed by atoms with E-state index in [1.54, 1.807) is 0 Å².